The van der Waals surface area contributed by atoms with Gasteiger partial charge in [-0.3, -0.25) is 9.59 Å². The summed E-state index contributed by atoms with van der Waals surface area (Å²) in [6.07, 6.45) is -0.162. The Bertz CT molecular complexity index is 243. The van der Waals surface area contributed by atoms with Crippen LogP contribution in [0.5, 0.6) is 0 Å². The van der Waals surface area contributed by atoms with Crippen molar-refractivity contribution in [2.45, 2.75) is 45.8 Å². The molecule has 15 heavy (non-hydrogen) atoms. The molecule has 4 nitrogen and oxygen atoms in total. The number of hydrogen-bond donors (Lipinski definition) is 1. The van der Waals surface area contributed by atoms with Crippen molar-refractivity contribution >= 4 is 11.8 Å². The molecule has 0 aliphatic carbocycles. The maximum absolute atomic E-state index is 11.4. The van der Waals surface area contributed by atoms with Crippen LogP contribution in [0.25, 0.3) is 0 Å². The van der Waals surface area contributed by atoms with Gasteiger partial charge in [0.15, 0.2) is 5.78 Å². The number of ketones is 1. The van der Waals surface area contributed by atoms with Gasteiger partial charge in [-0.05, 0) is 13.3 Å². The van der Waals surface area contributed by atoms with Crippen molar-refractivity contribution in [1.29, 1.82) is 0 Å². The Morgan fingerprint density at radius 1 is 1.53 bits per heavy atom. The number of aliphatic hydroxyl groups is 1. The average molecular weight is 214 g/mol. The van der Waals surface area contributed by atoms with Gasteiger partial charge in [0.2, 0.25) is 0 Å². The third-order valence-corrected chi connectivity index (χ3v) is 3.12. The summed E-state index contributed by atoms with van der Waals surface area (Å²) in [4.78, 5) is 22.8. The molecule has 4 heteroatoms. The first-order chi connectivity index (χ1) is 6.97. The fourth-order valence-corrected chi connectivity index (χ4v) is 1.71. The number of rotatable bonds is 3. The van der Waals surface area contributed by atoms with Gasteiger partial charge in [-0.1, -0.05) is 13.8 Å². The van der Waals surface area contributed by atoms with Crippen LogP contribution in [0.2, 0.25) is 0 Å². The number of cyclic esters (lactones) is 1. The van der Waals surface area contributed by atoms with Crippen molar-refractivity contribution in [3.63, 3.8) is 0 Å². The van der Waals surface area contributed by atoms with Crippen LogP contribution in [-0.4, -0.2) is 29.1 Å². The number of esters is 1. The van der Waals surface area contributed by atoms with Gasteiger partial charge in [-0.2, -0.15) is 0 Å². The molecule has 0 radical (unpaired) electrons. The topological polar surface area (TPSA) is 63.6 Å². The Morgan fingerprint density at radius 3 is 2.60 bits per heavy atom. The van der Waals surface area contributed by atoms with E-state index in [1.165, 1.54) is 0 Å². The Morgan fingerprint density at radius 2 is 2.13 bits per heavy atom. The molecule has 0 amide bonds. The van der Waals surface area contributed by atoms with Crippen molar-refractivity contribution in [3.8, 4) is 0 Å². The summed E-state index contributed by atoms with van der Waals surface area (Å²) >= 11 is 0. The lowest BCUT2D eigenvalue weighted by Crippen LogP contribution is -2.42. The highest BCUT2D eigenvalue weighted by atomic mass is 16.5. The Kier molecular flexibility index (Phi) is 3.85. The molecule has 0 aromatic heterocycles. The quantitative estimate of drug-likeness (QED) is 0.560. The molecule has 0 aromatic rings. The number of carbonyl (C=O) groups excluding carboxylic acids is 2. The van der Waals surface area contributed by atoms with Crippen LogP contribution >= 0.6 is 0 Å². The Labute approximate surface area is 89.6 Å². The predicted molar refractivity (Wildman–Crippen MR) is 54.1 cm³/mol. The van der Waals surface area contributed by atoms with Gasteiger partial charge in [-0.15, -0.1) is 0 Å². The van der Waals surface area contributed by atoms with E-state index in [2.05, 4.69) is 0 Å². The number of ether oxygens (including phenoxy) is 1. The number of hydrogen-bond acceptors (Lipinski definition) is 4. The molecule has 1 aliphatic heterocycles. The lowest BCUT2D eigenvalue weighted by atomic mass is 9.88. The van der Waals surface area contributed by atoms with E-state index in [0.717, 1.165) is 0 Å². The Balaban J connectivity index is 2.65. The van der Waals surface area contributed by atoms with Crippen molar-refractivity contribution < 1.29 is 19.4 Å². The molecule has 0 saturated carbocycles. The first kappa shape index (κ1) is 12.2. The van der Waals surface area contributed by atoms with Crippen molar-refractivity contribution in [1.82, 2.24) is 0 Å². The van der Waals surface area contributed by atoms with E-state index in [-0.39, 0.29) is 18.1 Å². The van der Waals surface area contributed by atoms with E-state index < -0.39 is 24.1 Å². The van der Waals surface area contributed by atoms with E-state index in [9.17, 15) is 14.7 Å². The zero-order valence-corrected chi connectivity index (χ0v) is 9.40. The largest absolute Gasteiger partial charge is 0.461 e. The van der Waals surface area contributed by atoms with Crippen molar-refractivity contribution in [2.75, 3.05) is 0 Å². The number of carbonyl (C=O) groups is 2. The molecule has 1 fully saturated rings. The highest BCUT2D eigenvalue weighted by molar-refractivity contribution is 6.00. The van der Waals surface area contributed by atoms with Crippen LogP contribution in [0.15, 0.2) is 0 Å². The third kappa shape index (κ3) is 2.56. The molecule has 1 rings (SSSR count). The van der Waals surface area contributed by atoms with E-state index in [0.29, 0.717) is 6.42 Å². The van der Waals surface area contributed by atoms with Crippen LogP contribution in [0, 0.1) is 11.8 Å². The minimum Gasteiger partial charge on any atom is -0.461 e. The normalized spacial score (nSPS) is 30.9. The molecule has 1 heterocycles. The minimum absolute atomic E-state index is 0.0913. The maximum Gasteiger partial charge on any atom is 0.316 e. The van der Waals surface area contributed by atoms with Crippen molar-refractivity contribution in [3.05, 3.63) is 0 Å². The highest BCUT2D eigenvalue weighted by Crippen LogP contribution is 2.25. The first-order valence-electron chi connectivity index (χ1n) is 5.38. The van der Waals surface area contributed by atoms with Gasteiger partial charge in [-0.25, -0.2) is 0 Å². The fraction of sp³-hybridized carbons (Fsp3) is 0.818. The maximum atomic E-state index is 11.4. The summed E-state index contributed by atoms with van der Waals surface area (Å²) in [7, 11) is 0. The van der Waals surface area contributed by atoms with Gasteiger partial charge < -0.3 is 9.84 Å². The van der Waals surface area contributed by atoms with E-state index in [4.69, 9.17) is 4.74 Å². The monoisotopic (exact) mass is 214 g/mol. The molecule has 1 unspecified atom stereocenters. The van der Waals surface area contributed by atoms with Gasteiger partial charge >= 0.3 is 5.97 Å². The summed E-state index contributed by atoms with van der Waals surface area (Å²) in [6, 6.07) is 0. The van der Waals surface area contributed by atoms with Crippen LogP contribution in [0.1, 0.15) is 33.6 Å². The van der Waals surface area contributed by atoms with Crippen LogP contribution < -0.4 is 0 Å². The van der Waals surface area contributed by atoms with Gasteiger partial charge in [0.05, 0.1) is 6.10 Å². The van der Waals surface area contributed by atoms with Gasteiger partial charge in [0, 0.05) is 12.3 Å². The number of aliphatic hydroxyl groups excluding tert-OH is 1. The SMILES string of the molecule is CC[C@@H](O)C(C)[C@H]1CC(=O)[C@@H](C)C(=O)O1. The molecule has 0 bridgehead atoms. The van der Waals surface area contributed by atoms with E-state index in [1.807, 2.05) is 6.92 Å². The van der Waals surface area contributed by atoms with Gasteiger partial charge in [0.25, 0.3) is 0 Å². The summed E-state index contributed by atoms with van der Waals surface area (Å²) in [5.41, 5.74) is 0. The van der Waals surface area contributed by atoms with Crippen LogP contribution in [0.3, 0.4) is 0 Å². The summed E-state index contributed by atoms with van der Waals surface area (Å²) < 4.78 is 5.13. The predicted octanol–water partition coefficient (Wildman–Crippen LogP) is 0.914. The standard InChI is InChI=1S/C11H18O4/c1-4-8(12)6(2)10-5-9(13)7(3)11(14)15-10/h6-8,10,12H,4-5H2,1-3H3/t6?,7-,8-,10-/m1/s1. The highest BCUT2D eigenvalue weighted by Gasteiger charge is 2.37. The number of Topliss-reactive ketones (excluding diaryl/α,β-unsaturated/α-hetero) is 1. The molecular weight excluding hydrogens is 196 g/mol. The molecule has 0 spiro atoms. The molecule has 0 aromatic carbocycles. The smallest absolute Gasteiger partial charge is 0.316 e. The Hall–Kier alpha value is -0.900. The minimum atomic E-state index is -0.646. The van der Waals surface area contributed by atoms with Gasteiger partial charge in [0.1, 0.15) is 12.0 Å². The second-order valence-corrected chi connectivity index (χ2v) is 4.20. The van der Waals surface area contributed by atoms with E-state index in [1.54, 1.807) is 13.8 Å². The zero-order valence-electron chi connectivity index (χ0n) is 9.40. The lowest BCUT2D eigenvalue weighted by Gasteiger charge is -2.31. The molecule has 1 aliphatic rings. The molecular formula is C11H18O4. The third-order valence-electron chi connectivity index (χ3n) is 3.12. The second-order valence-electron chi connectivity index (χ2n) is 4.20. The molecule has 86 valence electrons. The molecule has 4 atom stereocenters. The fourth-order valence-electron chi connectivity index (χ4n) is 1.71. The summed E-state index contributed by atoms with van der Waals surface area (Å²) in [6.45, 7) is 5.22. The first-order valence-corrected chi connectivity index (χ1v) is 5.38. The van der Waals surface area contributed by atoms with Crippen LogP contribution in [-0.2, 0) is 14.3 Å². The average Bonchev–Trinajstić information content (AvgIpc) is 2.23. The van der Waals surface area contributed by atoms with Crippen LogP contribution in [0.4, 0.5) is 0 Å². The van der Waals surface area contributed by atoms with Crippen molar-refractivity contribution in [2.24, 2.45) is 11.8 Å². The lowest BCUT2D eigenvalue weighted by molar-refractivity contribution is -0.169. The summed E-state index contributed by atoms with van der Waals surface area (Å²) in [5, 5.41) is 9.61. The second kappa shape index (κ2) is 4.75. The summed E-state index contributed by atoms with van der Waals surface area (Å²) in [5.74, 6) is -1.39. The molecule has 1 saturated heterocycles. The molecule has 1 N–H and O–H groups in total. The van der Waals surface area contributed by atoms with E-state index >= 15 is 0 Å². The zero-order chi connectivity index (χ0) is 11.6.